The molecule has 2 unspecified atom stereocenters. The van der Waals surface area contributed by atoms with Crippen molar-refractivity contribution in [2.24, 2.45) is 4.99 Å². The molecule has 4 rings (SSSR count). The first-order valence-corrected chi connectivity index (χ1v) is 11.1. The predicted molar refractivity (Wildman–Crippen MR) is 124 cm³/mol. The molecule has 1 N–H and O–H groups in total. The number of methoxy groups -OCH3 is 1. The fourth-order valence-electron chi connectivity index (χ4n) is 4.38. The van der Waals surface area contributed by atoms with Gasteiger partial charge in [0.15, 0.2) is 5.96 Å². The number of nitrogens with zero attached hydrogens (tertiary/aromatic N) is 4. The van der Waals surface area contributed by atoms with Gasteiger partial charge in [-0.1, -0.05) is 12.1 Å². The minimum atomic E-state index is 0.241. The van der Waals surface area contributed by atoms with Crippen LogP contribution in [0.3, 0.4) is 0 Å². The molecule has 0 saturated carbocycles. The van der Waals surface area contributed by atoms with Crippen LogP contribution in [0.1, 0.15) is 30.4 Å². The van der Waals surface area contributed by atoms with Crippen LogP contribution in [0.2, 0.25) is 0 Å². The zero-order valence-corrected chi connectivity index (χ0v) is 18.8. The molecule has 1 aromatic heterocycles. The van der Waals surface area contributed by atoms with Crippen LogP contribution in [-0.4, -0.2) is 68.9 Å². The highest BCUT2D eigenvalue weighted by Crippen LogP contribution is 2.28. The lowest BCUT2D eigenvalue weighted by Gasteiger charge is -2.32. The van der Waals surface area contributed by atoms with Gasteiger partial charge in [-0.15, -0.1) is 0 Å². The van der Waals surface area contributed by atoms with Crippen LogP contribution in [0, 0.1) is 0 Å². The minimum Gasteiger partial charge on any atom is -0.497 e. The summed E-state index contributed by atoms with van der Waals surface area (Å²) in [6.45, 7) is 7.33. The average molecular weight is 424 g/mol. The van der Waals surface area contributed by atoms with Crippen LogP contribution >= 0.6 is 0 Å². The van der Waals surface area contributed by atoms with Crippen LogP contribution in [0.25, 0.3) is 0 Å². The van der Waals surface area contributed by atoms with E-state index in [9.17, 15) is 0 Å². The lowest BCUT2D eigenvalue weighted by Crippen LogP contribution is -2.41. The largest absolute Gasteiger partial charge is 0.497 e. The Balaban J connectivity index is 1.34. The summed E-state index contributed by atoms with van der Waals surface area (Å²) in [5, 5.41) is 3.54. The number of aliphatic imine (C=N–C) groups is 1. The Morgan fingerprint density at radius 2 is 2.06 bits per heavy atom. The van der Waals surface area contributed by atoms with Gasteiger partial charge in [-0.3, -0.25) is 4.99 Å². The van der Waals surface area contributed by atoms with Crippen molar-refractivity contribution in [2.75, 3.05) is 51.8 Å². The van der Waals surface area contributed by atoms with Crippen molar-refractivity contribution in [3.8, 4) is 5.75 Å². The van der Waals surface area contributed by atoms with Crippen molar-refractivity contribution in [1.82, 2.24) is 15.2 Å². The maximum Gasteiger partial charge on any atom is 0.193 e. The molecule has 2 aromatic rings. The van der Waals surface area contributed by atoms with Gasteiger partial charge < -0.3 is 24.6 Å². The van der Waals surface area contributed by atoms with E-state index in [4.69, 9.17) is 9.47 Å². The second kappa shape index (κ2) is 10.0. The number of nitrogens with one attached hydrogen (secondary N) is 1. The van der Waals surface area contributed by atoms with Gasteiger partial charge in [-0.25, -0.2) is 4.98 Å². The number of guanidine groups is 1. The fourth-order valence-corrected chi connectivity index (χ4v) is 4.38. The molecular formula is C24H33N5O2. The highest BCUT2D eigenvalue weighted by molar-refractivity contribution is 5.80. The first-order valence-electron chi connectivity index (χ1n) is 11.1. The molecule has 166 valence electrons. The lowest BCUT2D eigenvalue weighted by atomic mass is 9.98. The third-order valence-electron chi connectivity index (χ3n) is 6.11. The number of hydrogen-bond acceptors (Lipinski definition) is 5. The number of benzene rings is 1. The molecule has 3 heterocycles. The maximum absolute atomic E-state index is 5.65. The van der Waals surface area contributed by atoms with E-state index in [2.05, 4.69) is 56.3 Å². The summed E-state index contributed by atoms with van der Waals surface area (Å²) in [7, 11) is 3.56. The van der Waals surface area contributed by atoms with Gasteiger partial charge in [0, 0.05) is 51.9 Å². The summed E-state index contributed by atoms with van der Waals surface area (Å²) in [6.07, 6.45) is 3.26. The quantitative estimate of drug-likeness (QED) is 0.589. The highest BCUT2D eigenvalue weighted by Gasteiger charge is 2.26. The summed E-state index contributed by atoms with van der Waals surface area (Å²) in [5.74, 6) is 3.39. The molecule has 7 nitrogen and oxygen atoms in total. The molecule has 0 spiro atoms. The summed E-state index contributed by atoms with van der Waals surface area (Å²) in [4.78, 5) is 13.7. The van der Waals surface area contributed by atoms with Crippen LogP contribution in [-0.2, 0) is 11.3 Å². The molecule has 1 aromatic carbocycles. The standard InChI is InChI=1S/C24H33N5O2/c1-18-16-28(12-13-31-18)23-14-19(8-10-26-23)15-27-24(25-2)29-11-9-21(17-29)20-4-6-22(30-3)7-5-20/h4-8,10,14,18,21H,9,11-13,15-17H2,1-3H3,(H,25,27). The first-order chi connectivity index (χ1) is 15.2. The van der Waals surface area contributed by atoms with Gasteiger partial charge in [0.1, 0.15) is 11.6 Å². The Morgan fingerprint density at radius 3 is 2.81 bits per heavy atom. The first kappa shape index (κ1) is 21.4. The monoisotopic (exact) mass is 423 g/mol. The number of pyridine rings is 1. The molecule has 2 atom stereocenters. The van der Waals surface area contributed by atoms with Crippen LogP contribution in [0.5, 0.6) is 5.75 Å². The SMILES string of the molecule is CN=C(NCc1ccnc(N2CCOC(C)C2)c1)N1CCC(c2ccc(OC)cc2)C1. The molecule has 2 aliphatic rings. The van der Waals surface area contributed by atoms with E-state index in [0.29, 0.717) is 5.92 Å². The van der Waals surface area contributed by atoms with Crippen molar-refractivity contribution in [3.63, 3.8) is 0 Å². The average Bonchev–Trinajstić information content (AvgIpc) is 3.30. The topological polar surface area (TPSA) is 62.2 Å². The smallest absolute Gasteiger partial charge is 0.193 e. The molecule has 0 aliphatic carbocycles. The second-order valence-corrected chi connectivity index (χ2v) is 8.26. The normalized spacial score (nSPS) is 22.0. The van der Waals surface area contributed by atoms with Crippen molar-refractivity contribution in [3.05, 3.63) is 53.7 Å². The third-order valence-corrected chi connectivity index (χ3v) is 6.11. The number of hydrogen-bond donors (Lipinski definition) is 1. The number of rotatable bonds is 5. The summed E-state index contributed by atoms with van der Waals surface area (Å²) < 4.78 is 10.9. The predicted octanol–water partition coefficient (Wildman–Crippen LogP) is 2.88. The molecule has 0 amide bonds. The van der Waals surface area contributed by atoms with Crippen LogP contribution < -0.4 is 15.0 Å². The molecule has 7 heteroatoms. The van der Waals surface area contributed by atoms with Crippen molar-refractivity contribution in [1.29, 1.82) is 0 Å². The van der Waals surface area contributed by atoms with Gasteiger partial charge in [0.25, 0.3) is 0 Å². The van der Waals surface area contributed by atoms with Crippen LogP contribution in [0.4, 0.5) is 5.82 Å². The zero-order chi connectivity index (χ0) is 21.6. The summed E-state index contributed by atoms with van der Waals surface area (Å²) in [6, 6.07) is 12.7. The van der Waals surface area contributed by atoms with Gasteiger partial charge in [0.2, 0.25) is 0 Å². The number of morpholine rings is 1. The van der Waals surface area contributed by atoms with Crippen molar-refractivity contribution >= 4 is 11.8 Å². The molecule has 31 heavy (non-hydrogen) atoms. The van der Waals surface area contributed by atoms with Gasteiger partial charge >= 0.3 is 0 Å². The number of likely N-dealkylation sites (tertiary alicyclic amines) is 1. The third kappa shape index (κ3) is 5.28. The number of ether oxygens (including phenoxy) is 2. The van der Waals surface area contributed by atoms with Gasteiger partial charge in [-0.2, -0.15) is 0 Å². The Bertz CT molecular complexity index is 886. The Morgan fingerprint density at radius 1 is 1.23 bits per heavy atom. The fraction of sp³-hybridized carbons (Fsp3) is 0.500. The Labute approximate surface area is 185 Å². The zero-order valence-electron chi connectivity index (χ0n) is 18.8. The minimum absolute atomic E-state index is 0.241. The maximum atomic E-state index is 5.65. The highest BCUT2D eigenvalue weighted by atomic mass is 16.5. The van der Waals surface area contributed by atoms with E-state index in [0.717, 1.165) is 63.3 Å². The summed E-state index contributed by atoms with van der Waals surface area (Å²) >= 11 is 0. The summed E-state index contributed by atoms with van der Waals surface area (Å²) in [5.41, 5.74) is 2.56. The second-order valence-electron chi connectivity index (χ2n) is 8.26. The molecule has 2 fully saturated rings. The molecule has 0 radical (unpaired) electrons. The van der Waals surface area contributed by atoms with E-state index in [-0.39, 0.29) is 6.10 Å². The van der Waals surface area contributed by atoms with Crippen molar-refractivity contribution in [2.45, 2.75) is 31.9 Å². The number of anilines is 1. The number of aromatic nitrogens is 1. The molecule has 2 aliphatic heterocycles. The van der Waals surface area contributed by atoms with Crippen molar-refractivity contribution < 1.29 is 9.47 Å². The van der Waals surface area contributed by atoms with Crippen LogP contribution in [0.15, 0.2) is 47.6 Å². The molecule has 2 saturated heterocycles. The van der Waals surface area contributed by atoms with E-state index < -0.39 is 0 Å². The Kier molecular flexibility index (Phi) is 6.92. The van der Waals surface area contributed by atoms with Gasteiger partial charge in [0.05, 0.1) is 19.8 Å². The van der Waals surface area contributed by atoms with Gasteiger partial charge in [-0.05, 0) is 48.7 Å². The van der Waals surface area contributed by atoms with E-state index in [1.54, 1.807) is 7.11 Å². The lowest BCUT2D eigenvalue weighted by molar-refractivity contribution is 0.0529. The molecular weight excluding hydrogens is 390 g/mol. The van der Waals surface area contributed by atoms with E-state index in [1.165, 1.54) is 11.1 Å². The molecule has 0 bridgehead atoms. The van der Waals surface area contributed by atoms with E-state index >= 15 is 0 Å². The van der Waals surface area contributed by atoms with E-state index in [1.807, 2.05) is 25.4 Å². The Hall–Kier alpha value is -2.80.